The van der Waals surface area contributed by atoms with Crippen molar-refractivity contribution in [2.45, 2.75) is 19.8 Å². The molecule has 0 heterocycles. The van der Waals surface area contributed by atoms with Crippen LogP contribution in [-0.2, 0) is 4.79 Å². The predicted octanol–water partition coefficient (Wildman–Crippen LogP) is 1.99. The Labute approximate surface area is 56.8 Å². The molecule has 0 fully saturated rings. The van der Waals surface area contributed by atoms with E-state index < -0.39 is 0 Å². The third-order valence-electron chi connectivity index (χ3n) is 1.29. The van der Waals surface area contributed by atoms with Gasteiger partial charge in [-0.25, -0.2) is 0 Å². The highest BCUT2D eigenvalue weighted by Crippen LogP contribution is 2.05. The maximum Gasteiger partial charge on any atom is 0.132 e. The molecule has 1 radical (unpaired) electrons. The topological polar surface area (TPSA) is 17.1 Å². The number of hydrogen-bond donors (Lipinski definition) is 0. The summed E-state index contributed by atoms with van der Waals surface area (Å²) in [5, 5.41) is 0. The van der Waals surface area contributed by atoms with E-state index in [4.69, 9.17) is 0 Å². The van der Waals surface area contributed by atoms with Crippen molar-refractivity contribution in [1.82, 2.24) is 0 Å². The summed E-state index contributed by atoms with van der Waals surface area (Å²) in [7, 11) is 0. The third-order valence-corrected chi connectivity index (χ3v) is 1.29. The number of ketones is 1. The van der Waals surface area contributed by atoms with Crippen LogP contribution in [0, 0.1) is 12.8 Å². The Morgan fingerprint density at radius 1 is 1.78 bits per heavy atom. The van der Waals surface area contributed by atoms with Crippen molar-refractivity contribution in [2.75, 3.05) is 0 Å². The van der Waals surface area contributed by atoms with Crippen molar-refractivity contribution in [3.63, 3.8) is 0 Å². The van der Waals surface area contributed by atoms with E-state index in [0.29, 0.717) is 0 Å². The van der Waals surface area contributed by atoms with E-state index in [-0.39, 0.29) is 11.7 Å². The first-order valence-electron chi connectivity index (χ1n) is 3.13. The fourth-order valence-corrected chi connectivity index (χ4v) is 0.522. The zero-order valence-electron chi connectivity index (χ0n) is 5.89. The maximum absolute atomic E-state index is 10.6. The molecule has 1 heteroatoms. The second-order valence-electron chi connectivity index (χ2n) is 2.17. The molecule has 0 N–H and O–H groups in total. The van der Waals surface area contributed by atoms with Gasteiger partial charge in [-0.1, -0.05) is 6.08 Å². The first-order valence-corrected chi connectivity index (χ1v) is 3.13. The van der Waals surface area contributed by atoms with Gasteiger partial charge in [0.25, 0.3) is 0 Å². The highest BCUT2D eigenvalue weighted by atomic mass is 16.1. The molecule has 0 rings (SSSR count). The lowest BCUT2D eigenvalue weighted by Gasteiger charge is -2.02. The zero-order valence-corrected chi connectivity index (χ0v) is 5.89. The summed E-state index contributed by atoms with van der Waals surface area (Å²) in [5.41, 5.74) is 0. The molecule has 0 bridgehead atoms. The molecule has 0 spiro atoms. The second kappa shape index (κ2) is 4.30. The molecule has 0 saturated carbocycles. The first-order chi connectivity index (χ1) is 4.18. The Hall–Kier alpha value is -0.590. The van der Waals surface area contributed by atoms with Gasteiger partial charge in [-0.15, -0.1) is 6.58 Å². The highest BCUT2D eigenvalue weighted by molar-refractivity contribution is 5.78. The number of Topliss-reactive ketones (excluding diaryl/α,β-unsaturated/α-hetero) is 1. The second-order valence-corrected chi connectivity index (χ2v) is 2.17. The lowest BCUT2D eigenvalue weighted by atomic mass is 10.0. The summed E-state index contributed by atoms with van der Waals surface area (Å²) in [5.74, 6) is 0.125. The molecule has 1 nitrogen and oxygen atoms in total. The Bertz CT molecular complexity index is 105. The standard InChI is InChI=1S/C8H13O/c1-4-5-6-7(2)8(3)9/h4,7H,1-2,5-6H2,3H3. The van der Waals surface area contributed by atoms with Gasteiger partial charge in [-0.2, -0.15) is 0 Å². The smallest absolute Gasteiger partial charge is 0.132 e. The van der Waals surface area contributed by atoms with Crippen LogP contribution in [0.2, 0.25) is 0 Å². The van der Waals surface area contributed by atoms with Gasteiger partial charge in [0.1, 0.15) is 5.78 Å². The molecule has 0 aromatic rings. The largest absolute Gasteiger partial charge is 0.300 e. The number of allylic oxidation sites excluding steroid dienone is 1. The van der Waals surface area contributed by atoms with Gasteiger partial charge in [-0.05, 0) is 26.7 Å². The fourth-order valence-electron chi connectivity index (χ4n) is 0.522. The van der Waals surface area contributed by atoms with Crippen molar-refractivity contribution in [3.8, 4) is 0 Å². The minimum Gasteiger partial charge on any atom is -0.300 e. The zero-order chi connectivity index (χ0) is 7.28. The van der Waals surface area contributed by atoms with Gasteiger partial charge in [0.15, 0.2) is 0 Å². The van der Waals surface area contributed by atoms with Crippen LogP contribution < -0.4 is 0 Å². The molecule has 0 aromatic heterocycles. The van der Waals surface area contributed by atoms with Gasteiger partial charge < -0.3 is 0 Å². The lowest BCUT2D eigenvalue weighted by molar-refractivity contribution is -0.119. The molecule has 1 atom stereocenters. The first kappa shape index (κ1) is 8.41. The van der Waals surface area contributed by atoms with Crippen LogP contribution in [0.5, 0.6) is 0 Å². The van der Waals surface area contributed by atoms with Crippen LogP contribution in [0.3, 0.4) is 0 Å². The summed E-state index contributed by atoms with van der Waals surface area (Å²) < 4.78 is 0. The Morgan fingerprint density at radius 3 is 2.67 bits per heavy atom. The van der Waals surface area contributed by atoms with E-state index in [1.807, 2.05) is 0 Å². The van der Waals surface area contributed by atoms with Crippen LogP contribution in [0.15, 0.2) is 12.7 Å². The van der Waals surface area contributed by atoms with Gasteiger partial charge in [-0.3, -0.25) is 4.79 Å². The van der Waals surface area contributed by atoms with Crippen LogP contribution in [0.4, 0.5) is 0 Å². The van der Waals surface area contributed by atoms with Crippen molar-refractivity contribution in [3.05, 3.63) is 19.6 Å². The molecule has 0 saturated heterocycles. The Balaban J connectivity index is 3.37. The fraction of sp³-hybridized carbons (Fsp3) is 0.500. The van der Waals surface area contributed by atoms with Crippen LogP contribution in [0.1, 0.15) is 19.8 Å². The molecular weight excluding hydrogens is 112 g/mol. The quantitative estimate of drug-likeness (QED) is 0.525. The summed E-state index contributed by atoms with van der Waals surface area (Å²) in [6, 6.07) is 0. The van der Waals surface area contributed by atoms with E-state index >= 15 is 0 Å². The summed E-state index contributed by atoms with van der Waals surface area (Å²) in [6.45, 7) is 8.80. The lowest BCUT2D eigenvalue weighted by Crippen LogP contribution is -2.05. The van der Waals surface area contributed by atoms with Crippen LogP contribution in [0.25, 0.3) is 0 Å². The van der Waals surface area contributed by atoms with E-state index in [1.165, 1.54) is 0 Å². The monoisotopic (exact) mass is 125 g/mol. The van der Waals surface area contributed by atoms with E-state index in [9.17, 15) is 4.79 Å². The van der Waals surface area contributed by atoms with Gasteiger partial charge in [0, 0.05) is 5.92 Å². The number of carbonyl (C=O) groups is 1. The predicted molar refractivity (Wildman–Crippen MR) is 39.0 cm³/mol. The average molecular weight is 125 g/mol. The van der Waals surface area contributed by atoms with Crippen LogP contribution >= 0.6 is 0 Å². The van der Waals surface area contributed by atoms with E-state index in [1.54, 1.807) is 13.0 Å². The van der Waals surface area contributed by atoms with Crippen molar-refractivity contribution in [1.29, 1.82) is 0 Å². The molecule has 0 aliphatic carbocycles. The molecule has 51 valence electrons. The number of rotatable bonds is 4. The number of carbonyl (C=O) groups excluding carboxylic acids is 1. The van der Waals surface area contributed by atoms with E-state index in [2.05, 4.69) is 13.5 Å². The van der Waals surface area contributed by atoms with Gasteiger partial charge in [0.2, 0.25) is 0 Å². The summed E-state index contributed by atoms with van der Waals surface area (Å²) in [4.78, 5) is 10.6. The summed E-state index contributed by atoms with van der Waals surface area (Å²) >= 11 is 0. The molecular formula is C8H13O. The minimum absolute atomic E-state index is 0.0389. The molecule has 1 unspecified atom stereocenters. The maximum atomic E-state index is 10.6. The molecule has 0 aromatic carbocycles. The summed E-state index contributed by atoms with van der Waals surface area (Å²) in [6.07, 6.45) is 3.52. The van der Waals surface area contributed by atoms with Crippen molar-refractivity contribution < 1.29 is 4.79 Å². The molecule has 0 aliphatic heterocycles. The Kier molecular flexibility index (Phi) is 4.02. The normalized spacial score (nSPS) is 12.7. The minimum atomic E-state index is -0.0389. The van der Waals surface area contributed by atoms with Crippen LogP contribution in [-0.4, -0.2) is 5.78 Å². The van der Waals surface area contributed by atoms with Gasteiger partial charge in [0.05, 0.1) is 0 Å². The third kappa shape index (κ3) is 3.95. The highest BCUT2D eigenvalue weighted by Gasteiger charge is 2.04. The SMILES string of the molecule is [CH2]C(CCC=C)C(C)=O. The van der Waals surface area contributed by atoms with E-state index in [0.717, 1.165) is 12.8 Å². The van der Waals surface area contributed by atoms with Gasteiger partial charge >= 0.3 is 0 Å². The average Bonchev–Trinajstić information content (AvgIpc) is 1.82. The molecule has 0 amide bonds. The number of hydrogen-bond acceptors (Lipinski definition) is 1. The Morgan fingerprint density at radius 2 is 2.33 bits per heavy atom. The molecule has 9 heavy (non-hydrogen) atoms. The molecule has 0 aliphatic rings. The van der Waals surface area contributed by atoms with Crippen molar-refractivity contribution in [2.24, 2.45) is 5.92 Å². The van der Waals surface area contributed by atoms with Crippen molar-refractivity contribution >= 4 is 5.78 Å².